The molecular formula is C20H27N3OS. The van der Waals surface area contributed by atoms with E-state index in [1.54, 1.807) is 18.4 Å². The number of fused-ring (bicyclic) bond motifs is 1. The highest BCUT2D eigenvalue weighted by Crippen LogP contribution is 2.30. The third kappa shape index (κ3) is 4.34. The Morgan fingerprint density at radius 3 is 2.84 bits per heavy atom. The van der Waals surface area contributed by atoms with Gasteiger partial charge >= 0.3 is 0 Å². The van der Waals surface area contributed by atoms with E-state index in [4.69, 9.17) is 0 Å². The molecule has 1 heterocycles. The van der Waals surface area contributed by atoms with Gasteiger partial charge in [0.1, 0.15) is 5.75 Å². The molecule has 0 saturated carbocycles. The zero-order chi connectivity index (χ0) is 17.6. The number of rotatable bonds is 5. The average Bonchev–Trinajstić information content (AvgIpc) is 3.18. The summed E-state index contributed by atoms with van der Waals surface area (Å²) in [5.41, 5.74) is 3.72. The van der Waals surface area contributed by atoms with Crippen molar-refractivity contribution in [2.24, 2.45) is 4.99 Å². The monoisotopic (exact) mass is 357 g/mol. The summed E-state index contributed by atoms with van der Waals surface area (Å²) in [6.07, 6.45) is 4.62. The Bertz CT molecular complexity index is 725. The number of phenolic OH excluding ortho intramolecular Hbond substituents is 1. The Morgan fingerprint density at radius 2 is 2.08 bits per heavy atom. The van der Waals surface area contributed by atoms with Crippen LogP contribution in [0.3, 0.4) is 0 Å². The topological polar surface area (TPSA) is 56.7 Å². The molecular weight excluding hydrogens is 330 g/mol. The van der Waals surface area contributed by atoms with Crippen molar-refractivity contribution in [2.75, 3.05) is 13.6 Å². The summed E-state index contributed by atoms with van der Waals surface area (Å²) >= 11 is 1.78. The van der Waals surface area contributed by atoms with Crippen LogP contribution in [0, 0.1) is 0 Å². The Kier molecular flexibility index (Phi) is 5.97. The SMILES string of the molecule is CN=C(NCc1c(O)ccc2c1CCCC2)NCC(C)c1cccs1. The first-order valence-corrected chi connectivity index (χ1v) is 9.87. The molecule has 2 aromatic rings. The second-order valence-corrected chi connectivity index (χ2v) is 7.61. The van der Waals surface area contributed by atoms with E-state index in [2.05, 4.69) is 46.1 Å². The molecule has 1 aromatic carbocycles. The molecule has 0 fully saturated rings. The number of hydrogen-bond acceptors (Lipinski definition) is 3. The molecule has 3 N–H and O–H groups in total. The maximum absolute atomic E-state index is 10.3. The van der Waals surface area contributed by atoms with Gasteiger partial charge in [0.2, 0.25) is 0 Å². The smallest absolute Gasteiger partial charge is 0.191 e. The molecule has 0 amide bonds. The summed E-state index contributed by atoms with van der Waals surface area (Å²) < 4.78 is 0. The molecule has 5 heteroatoms. The number of hydrogen-bond donors (Lipinski definition) is 3. The van der Waals surface area contributed by atoms with Gasteiger partial charge in [-0.25, -0.2) is 0 Å². The minimum Gasteiger partial charge on any atom is -0.508 e. The molecule has 1 atom stereocenters. The zero-order valence-electron chi connectivity index (χ0n) is 15.0. The summed E-state index contributed by atoms with van der Waals surface area (Å²) in [6.45, 7) is 3.65. The molecule has 1 aromatic heterocycles. The fourth-order valence-corrected chi connectivity index (χ4v) is 4.19. The van der Waals surface area contributed by atoms with Crippen LogP contribution in [-0.2, 0) is 19.4 Å². The molecule has 0 spiro atoms. The predicted octanol–water partition coefficient (Wildman–Crippen LogP) is 3.80. The molecule has 25 heavy (non-hydrogen) atoms. The van der Waals surface area contributed by atoms with Crippen molar-refractivity contribution >= 4 is 17.3 Å². The van der Waals surface area contributed by atoms with Crippen LogP contribution in [0.2, 0.25) is 0 Å². The van der Waals surface area contributed by atoms with Crippen LogP contribution in [0.25, 0.3) is 0 Å². The molecule has 3 rings (SSSR count). The van der Waals surface area contributed by atoms with Crippen LogP contribution in [0.5, 0.6) is 5.75 Å². The number of nitrogens with one attached hydrogen (secondary N) is 2. The van der Waals surface area contributed by atoms with E-state index in [0.717, 1.165) is 30.9 Å². The Labute approximate surface area is 154 Å². The average molecular weight is 358 g/mol. The van der Waals surface area contributed by atoms with E-state index < -0.39 is 0 Å². The number of aliphatic imine (C=N–C) groups is 1. The standard InChI is InChI=1S/C20H27N3OS/c1-14(19-8-5-11-25-19)12-22-20(21-2)23-13-17-16-7-4-3-6-15(16)9-10-18(17)24/h5,8-11,14,24H,3-4,6-7,12-13H2,1-2H3,(H2,21,22,23). The lowest BCUT2D eigenvalue weighted by Gasteiger charge is -2.21. The van der Waals surface area contributed by atoms with E-state index in [1.807, 2.05) is 6.07 Å². The number of guanidine groups is 1. The maximum Gasteiger partial charge on any atom is 0.191 e. The second kappa shape index (κ2) is 8.39. The summed E-state index contributed by atoms with van der Waals surface area (Å²) in [7, 11) is 1.78. The highest BCUT2D eigenvalue weighted by atomic mass is 32.1. The van der Waals surface area contributed by atoms with E-state index >= 15 is 0 Å². The minimum atomic E-state index is 0.385. The predicted molar refractivity (Wildman–Crippen MR) is 106 cm³/mol. The van der Waals surface area contributed by atoms with Crippen molar-refractivity contribution in [1.29, 1.82) is 0 Å². The van der Waals surface area contributed by atoms with Crippen molar-refractivity contribution in [3.8, 4) is 5.75 Å². The Balaban J connectivity index is 1.60. The van der Waals surface area contributed by atoms with Gasteiger partial charge in [-0.05, 0) is 54.3 Å². The number of nitrogens with zero attached hydrogens (tertiary/aromatic N) is 1. The van der Waals surface area contributed by atoms with E-state index in [1.165, 1.54) is 28.8 Å². The van der Waals surface area contributed by atoms with Gasteiger partial charge in [-0.2, -0.15) is 0 Å². The fourth-order valence-electron chi connectivity index (χ4n) is 3.40. The highest BCUT2D eigenvalue weighted by molar-refractivity contribution is 7.10. The molecule has 1 unspecified atom stereocenters. The normalized spacial score (nSPS) is 15.5. The molecule has 0 radical (unpaired) electrons. The number of phenols is 1. The fraction of sp³-hybridized carbons (Fsp3) is 0.450. The van der Waals surface area contributed by atoms with E-state index in [-0.39, 0.29) is 0 Å². The molecule has 0 aliphatic heterocycles. The first-order chi connectivity index (χ1) is 12.2. The van der Waals surface area contributed by atoms with Crippen LogP contribution in [0.1, 0.15) is 47.3 Å². The van der Waals surface area contributed by atoms with Gasteiger partial charge < -0.3 is 15.7 Å². The molecule has 4 nitrogen and oxygen atoms in total. The molecule has 1 aliphatic rings. The van der Waals surface area contributed by atoms with Gasteiger partial charge in [0.15, 0.2) is 5.96 Å². The van der Waals surface area contributed by atoms with Crippen LogP contribution >= 0.6 is 11.3 Å². The minimum absolute atomic E-state index is 0.385. The molecule has 134 valence electrons. The summed E-state index contributed by atoms with van der Waals surface area (Å²) in [5, 5.41) is 19.2. The van der Waals surface area contributed by atoms with Crippen molar-refractivity contribution in [2.45, 2.75) is 45.1 Å². The number of aryl methyl sites for hydroxylation is 1. The molecule has 0 saturated heterocycles. The number of thiophene rings is 1. The zero-order valence-corrected chi connectivity index (χ0v) is 15.8. The van der Waals surface area contributed by atoms with Gasteiger partial charge in [-0.1, -0.05) is 19.1 Å². The second-order valence-electron chi connectivity index (χ2n) is 6.63. The van der Waals surface area contributed by atoms with Gasteiger partial charge in [0.25, 0.3) is 0 Å². The Morgan fingerprint density at radius 1 is 1.24 bits per heavy atom. The van der Waals surface area contributed by atoms with Crippen LogP contribution in [0.4, 0.5) is 0 Å². The first-order valence-electron chi connectivity index (χ1n) is 8.99. The first kappa shape index (κ1) is 17.8. The van der Waals surface area contributed by atoms with Crippen molar-refractivity contribution in [3.05, 3.63) is 51.2 Å². The van der Waals surface area contributed by atoms with Gasteiger partial charge in [0, 0.05) is 36.5 Å². The van der Waals surface area contributed by atoms with Crippen molar-refractivity contribution in [1.82, 2.24) is 10.6 Å². The lowest BCUT2D eigenvalue weighted by molar-refractivity contribution is 0.464. The van der Waals surface area contributed by atoms with Gasteiger partial charge in [0.05, 0.1) is 0 Å². The van der Waals surface area contributed by atoms with E-state index in [0.29, 0.717) is 18.2 Å². The quantitative estimate of drug-likeness (QED) is 0.563. The van der Waals surface area contributed by atoms with Gasteiger partial charge in [-0.3, -0.25) is 4.99 Å². The van der Waals surface area contributed by atoms with Crippen LogP contribution in [-0.4, -0.2) is 24.7 Å². The number of benzene rings is 1. The number of aromatic hydroxyl groups is 1. The summed E-state index contributed by atoms with van der Waals surface area (Å²) in [5.74, 6) is 1.60. The summed E-state index contributed by atoms with van der Waals surface area (Å²) in [6, 6.07) is 8.16. The highest BCUT2D eigenvalue weighted by Gasteiger charge is 2.16. The third-order valence-electron chi connectivity index (χ3n) is 4.89. The van der Waals surface area contributed by atoms with Gasteiger partial charge in [-0.15, -0.1) is 11.3 Å². The molecule has 1 aliphatic carbocycles. The Hall–Kier alpha value is -2.01. The lowest BCUT2D eigenvalue weighted by Crippen LogP contribution is -2.38. The van der Waals surface area contributed by atoms with Crippen molar-refractivity contribution < 1.29 is 5.11 Å². The van der Waals surface area contributed by atoms with E-state index in [9.17, 15) is 5.11 Å². The molecule has 0 bridgehead atoms. The summed E-state index contributed by atoms with van der Waals surface area (Å²) in [4.78, 5) is 5.69. The van der Waals surface area contributed by atoms with Crippen LogP contribution < -0.4 is 10.6 Å². The third-order valence-corrected chi connectivity index (χ3v) is 5.99. The maximum atomic E-state index is 10.3. The largest absolute Gasteiger partial charge is 0.508 e. The van der Waals surface area contributed by atoms with Crippen molar-refractivity contribution in [3.63, 3.8) is 0 Å². The lowest BCUT2D eigenvalue weighted by atomic mass is 9.88. The van der Waals surface area contributed by atoms with Crippen LogP contribution in [0.15, 0.2) is 34.6 Å².